The maximum atomic E-state index is 10.4. The van der Waals surface area contributed by atoms with E-state index in [0.29, 0.717) is 12.0 Å². The van der Waals surface area contributed by atoms with Crippen LogP contribution in [-0.2, 0) is 0 Å². The second-order valence-electron chi connectivity index (χ2n) is 6.28. The number of rotatable bonds is 6. The number of aliphatic hydroxyl groups is 1. The minimum absolute atomic E-state index is 0. The molecule has 21 heavy (non-hydrogen) atoms. The summed E-state index contributed by atoms with van der Waals surface area (Å²) in [7, 11) is 0. The van der Waals surface area contributed by atoms with E-state index in [0.717, 1.165) is 37.0 Å². The zero-order valence-electron chi connectivity index (χ0n) is 13.3. The number of nitrogens with one attached hydrogen (secondary N) is 2. The lowest BCUT2D eigenvalue weighted by molar-refractivity contribution is 0.0723. The maximum Gasteiger partial charge on any atom is 0.191 e. The topological polar surface area (TPSA) is 56.7 Å². The first-order valence-corrected chi connectivity index (χ1v) is 9.09. The van der Waals surface area contributed by atoms with Crippen LogP contribution in [0.25, 0.3) is 0 Å². The highest BCUT2D eigenvalue weighted by molar-refractivity contribution is 14.0. The molecule has 2 rings (SSSR count). The summed E-state index contributed by atoms with van der Waals surface area (Å²) in [6, 6.07) is 0. The van der Waals surface area contributed by atoms with Crippen LogP contribution in [0.15, 0.2) is 4.99 Å². The molecule has 6 heteroatoms. The molecule has 1 aliphatic carbocycles. The molecule has 1 heterocycles. The Labute approximate surface area is 150 Å². The van der Waals surface area contributed by atoms with E-state index in [1.807, 2.05) is 11.8 Å². The van der Waals surface area contributed by atoms with Gasteiger partial charge in [-0.05, 0) is 43.8 Å². The van der Waals surface area contributed by atoms with E-state index >= 15 is 0 Å². The van der Waals surface area contributed by atoms with Crippen LogP contribution < -0.4 is 10.6 Å². The fraction of sp³-hybridized carbons (Fsp3) is 0.933. The standard InChI is InChI=1S/C15H29N3OS.HI/c1-3-14(6-5-7-14)10-17-13(16-4-2)18-11-15(19)8-9-20-12-15;/h19H,3-12H2,1-2H3,(H2,16,17,18);1H. The monoisotopic (exact) mass is 427 g/mol. The largest absolute Gasteiger partial charge is 0.387 e. The summed E-state index contributed by atoms with van der Waals surface area (Å²) in [6.45, 7) is 6.72. The highest BCUT2D eigenvalue weighted by Gasteiger charge is 2.35. The molecule has 2 fully saturated rings. The fourth-order valence-electron chi connectivity index (χ4n) is 2.87. The zero-order chi connectivity index (χ0) is 14.5. The zero-order valence-corrected chi connectivity index (χ0v) is 16.4. The van der Waals surface area contributed by atoms with E-state index in [4.69, 9.17) is 4.99 Å². The lowest BCUT2D eigenvalue weighted by atomic mass is 9.67. The van der Waals surface area contributed by atoms with Crippen molar-refractivity contribution < 1.29 is 5.11 Å². The van der Waals surface area contributed by atoms with Gasteiger partial charge in [-0.25, -0.2) is 0 Å². The predicted octanol–water partition coefficient (Wildman–Crippen LogP) is 2.61. The van der Waals surface area contributed by atoms with Gasteiger partial charge >= 0.3 is 0 Å². The average molecular weight is 427 g/mol. The first-order chi connectivity index (χ1) is 9.61. The lowest BCUT2D eigenvalue weighted by Gasteiger charge is -2.40. The molecule has 0 radical (unpaired) electrons. The fourth-order valence-corrected chi connectivity index (χ4v) is 4.17. The van der Waals surface area contributed by atoms with E-state index in [9.17, 15) is 5.11 Å². The Morgan fingerprint density at radius 1 is 1.24 bits per heavy atom. The van der Waals surface area contributed by atoms with Crippen LogP contribution in [0.1, 0.15) is 46.0 Å². The van der Waals surface area contributed by atoms with Crippen molar-refractivity contribution in [2.24, 2.45) is 10.4 Å². The minimum Gasteiger partial charge on any atom is -0.387 e. The number of aliphatic imine (C=N–C) groups is 1. The van der Waals surface area contributed by atoms with Crippen molar-refractivity contribution in [2.45, 2.75) is 51.6 Å². The van der Waals surface area contributed by atoms with Gasteiger partial charge in [-0.15, -0.1) is 24.0 Å². The molecule has 4 nitrogen and oxygen atoms in total. The molecule has 2 aliphatic rings. The second-order valence-corrected chi connectivity index (χ2v) is 7.39. The van der Waals surface area contributed by atoms with Gasteiger partial charge in [-0.2, -0.15) is 11.8 Å². The Balaban J connectivity index is 0.00000220. The van der Waals surface area contributed by atoms with E-state index in [-0.39, 0.29) is 24.0 Å². The molecule has 0 spiro atoms. The molecular weight excluding hydrogens is 397 g/mol. The predicted molar refractivity (Wildman–Crippen MR) is 103 cm³/mol. The highest BCUT2D eigenvalue weighted by atomic mass is 127. The Morgan fingerprint density at radius 2 is 2.00 bits per heavy atom. The van der Waals surface area contributed by atoms with Gasteiger partial charge < -0.3 is 15.7 Å². The third-order valence-electron chi connectivity index (χ3n) is 4.75. The Morgan fingerprint density at radius 3 is 2.48 bits per heavy atom. The summed E-state index contributed by atoms with van der Waals surface area (Å²) >= 11 is 1.83. The van der Waals surface area contributed by atoms with Crippen molar-refractivity contribution in [1.29, 1.82) is 0 Å². The number of halogens is 1. The smallest absolute Gasteiger partial charge is 0.191 e. The molecule has 3 N–H and O–H groups in total. The summed E-state index contributed by atoms with van der Waals surface area (Å²) in [5, 5.41) is 17.0. The van der Waals surface area contributed by atoms with Gasteiger partial charge in [0.05, 0.1) is 5.60 Å². The minimum atomic E-state index is -0.556. The average Bonchev–Trinajstić information content (AvgIpc) is 2.82. The Hall–Kier alpha value is 0.310. The van der Waals surface area contributed by atoms with Crippen molar-refractivity contribution in [3.8, 4) is 0 Å². The first kappa shape index (κ1) is 19.4. The van der Waals surface area contributed by atoms with Gasteiger partial charge in [-0.1, -0.05) is 13.3 Å². The molecule has 1 saturated heterocycles. The lowest BCUT2D eigenvalue weighted by Crippen LogP contribution is -2.47. The van der Waals surface area contributed by atoms with Crippen LogP contribution in [0.3, 0.4) is 0 Å². The molecular formula is C15H30IN3OS. The summed E-state index contributed by atoms with van der Waals surface area (Å²) in [4.78, 5) is 4.75. The Kier molecular flexibility index (Phi) is 8.13. The van der Waals surface area contributed by atoms with Crippen LogP contribution in [0.5, 0.6) is 0 Å². The van der Waals surface area contributed by atoms with Crippen molar-refractivity contribution in [3.05, 3.63) is 0 Å². The SMILES string of the molecule is CCNC(=NCC1(CC)CCC1)NCC1(O)CCSC1.I. The molecule has 0 bridgehead atoms. The molecule has 1 unspecified atom stereocenters. The van der Waals surface area contributed by atoms with Gasteiger partial charge in [0, 0.05) is 25.4 Å². The number of hydrogen-bond acceptors (Lipinski definition) is 3. The molecule has 124 valence electrons. The number of thioether (sulfide) groups is 1. The molecule has 0 amide bonds. The number of nitrogens with zero attached hydrogens (tertiary/aromatic N) is 1. The molecule has 0 aromatic carbocycles. The summed E-state index contributed by atoms with van der Waals surface area (Å²) in [5.41, 5.74) is -0.109. The molecule has 1 saturated carbocycles. The summed E-state index contributed by atoms with van der Waals surface area (Å²) in [6.07, 6.45) is 6.07. The second kappa shape index (κ2) is 8.82. The summed E-state index contributed by atoms with van der Waals surface area (Å²) < 4.78 is 0. The normalized spacial score (nSPS) is 27.7. The van der Waals surface area contributed by atoms with Crippen LogP contribution in [-0.4, -0.2) is 47.8 Å². The quantitative estimate of drug-likeness (QED) is 0.347. The summed E-state index contributed by atoms with van der Waals surface area (Å²) in [5.74, 6) is 2.75. The van der Waals surface area contributed by atoms with Gasteiger partial charge in [0.2, 0.25) is 0 Å². The molecule has 1 aliphatic heterocycles. The highest BCUT2D eigenvalue weighted by Crippen LogP contribution is 2.43. The van der Waals surface area contributed by atoms with Gasteiger partial charge in [0.15, 0.2) is 5.96 Å². The van der Waals surface area contributed by atoms with Crippen molar-refractivity contribution in [3.63, 3.8) is 0 Å². The van der Waals surface area contributed by atoms with Crippen LogP contribution in [0.4, 0.5) is 0 Å². The maximum absolute atomic E-state index is 10.4. The molecule has 0 aromatic rings. The van der Waals surface area contributed by atoms with E-state index in [1.165, 1.54) is 25.7 Å². The van der Waals surface area contributed by atoms with Crippen molar-refractivity contribution >= 4 is 41.7 Å². The molecule has 0 aromatic heterocycles. The third kappa shape index (κ3) is 5.46. The van der Waals surface area contributed by atoms with Gasteiger partial charge in [0.25, 0.3) is 0 Å². The van der Waals surface area contributed by atoms with Gasteiger partial charge in [0.1, 0.15) is 0 Å². The van der Waals surface area contributed by atoms with Crippen LogP contribution >= 0.6 is 35.7 Å². The van der Waals surface area contributed by atoms with Crippen LogP contribution in [0.2, 0.25) is 0 Å². The van der Waals surface area contributed by atoms with Gasteiger partial charge in [-0.3, -0.25) is 4.99 Å². The number of guanidine groups is 1. The van der Waals surface area contributed by atoms with Crippen molar-refractivity contribution in [2.75, 3.05) is 31.1 Å². The molecule has 1 atom stereocenters. The van der Waals surface area contributed by atoms with E-state index in [1.54, 1.807) is 0 Å². The Bertz CT molecular complexity index is 336. The third-order valence-corrected chi connectivity index (χ3v) is 5.98. The van der Waals surface area contributed by atoms with E-state index in [2.05, 4.69) is 24.5 Å². The number of hydrogen-bond donors (Lipinski definition) is 3. The van der Waals surface area contributed by atoms with Crippen LogP contribution in [0, 0.1) is 5.41 Å². The van der Waals surface area contributed by atoms with Crippen molar-refractivity contribution in [1.82, 2.24) is 10.6 Å². The van der Waals surface area contributed by atoms with E-state index < -0.39 is 5.60 Å². The first-order valence-electron chi connectivity index (χ1n) is 7.94.